The van der Waals surface area contributed by atoms with Crippen molar-refractivity contribution in [2.75, 3.05) is 18.6 Å². The van der Waals surface area contributed by atoms with Gasteiger partial charge in [-0.25, -0.2) is 4.79 Å². The van der Waals surface area contributed by atoms with Crippen LogP contribution in [0.1, 0.15) is 24.2 Å². The van der Waals surface area contributed by atoms with E-state index in [2.05, 4.69) is 19.9 Å². The molecule has 25 heavy (non-hydrogen) atoms. The number of fused-ring (bicyclic) bond motifs is 2. The fourth-order valence-corrected chi connectivity index (χ4v) is 4.27. The van der Waals surface area contributed by atoms with Gasteiger partial charge in [-0.1, -0.05) is 13.8 Å². The normalized spacial score (nSPS) is 11.2. The summed E-state index contributed by atoms with van der Waals surface area (Å²) in [5.41, 5.74) is 1.29. The minimum atomic E-state index is -0.473. The first kappa shape index (κ1) is 17.9. The number of hydrogen-bond acceptors (Lipinski definition) is 6. The summed E-state index contributed by atoms with van der Waals surface area (Å²) in [6.45, 7) is 4.14. The SMILES string of the molecule is CCSc1cc(SCC)c2oc3ccc(C(=O)OC)cc3c(=O)c2c1. The Bertz CT molecular complexity index is 1010. The van der Waals surface area contributed by atoms with Crippen molar-refractivity contribution in [2.45, 2.75) is 23.6 Å². The van der Waals surface area contributed by atoms with Gasteiger partial charge in [0.25, 0.3) is 0 Å². The lowest BCUT2D eigenvalue weighted by Gasteiger charge is -2.09. The minimum absolute atomic E-state index is 0.126. The van der Waals surface area contributed by atoms with Crippen LogP contribution in [0.3, 0.4) is 0 Å². The molecule has 0 aliphatic rings. The summed E-state index contributed by atoms with van der Waals surface area (Å²) in [4.78, 5) is 26.8. The summed E-state index contributed by atoms with van der Waals surface area (Å²) >= 11 is 3.34. The maximum atomic E-state index is 13.0. The van der Waals surface area contributed by atoms with Gasteiger partial charge in [0.05, 0.1) is 28.3 Å². The van der Waals surface area contributed by atoms with Gasteiger partial charge in [0, 0.05) is 4.90 Å². The molecular weight excluding hydrogens is 356 g/mol. The van der Waals surface area contributed by atoms with Gasteiger partial charge in [-0.05, 0) is 41.8 Å². The molecule has 0 saturated heterocycles. The fourth-order valence-electron chi connectivity index (χ4n) is 2.66. The van der Waals surface area contributed by atoms with Crippen molar-refractivity contribution in [3.63, 3.8) is 0 Å². The number of rotatable bonds is 5. The van der Waals surface area contributed by atoms with E-state index in [0.717, 1.165) is 21.3 Å². The third kappa shape index (κ3) is 3.41. The molecule has 0 unspecified atom stereocenters. The molecule has 0 atom stereocenters. The van der Waals surface area contributed by atoms with E-state index in [-0.39, 0.29) is 5.43 Å². The van der Waals surface area contributed by atoms with Crippen LogP contribution in [0, 0.1) is 0 Å². The molecule has 4 nitrogen and oxygen atoms in total. The number of thioether (sulfide) groups is 2. The molecule has 0 saturated carbocycles. The summed E-state index contributed by atoms with van der Waals surface area (Å²) in [5.74, 6) is 1.34. The van der Waals surface area contributed by atoms with Crippen LogP contribution in [0.25, 0.3) is 21.9 Å². The molecule has 6 heteroatoms. The second kappa shape index (κ2) is 7.54. The molecule has 3 rings (SSSR count). The summed E-state index contributed by atoms with van der Waals surface area (Å²) in [5, 5.41) is 0.936. The Hall–Kier alpha value is -1.92. The predicted octanol–water partition coefficient (Wildman–Crippen LogP) is 4.96. The largest absolute Gasteiger partial charge is 0.465 e. The number of methoxy groups -OCH3 is 1. The quantitative estimate of drug-likeness (QED) is 0.357. The highest BCUT2D eigenvalue weighted by Gasteiger charge is 2.15. The Labute approximate surface area is 153 Å². The van der Waals surface area contributed by atoms with Gasteiger partial charge >= 0.3 is 5.97 Å². The van der Waals surface area contributed by atoms with E-state index in [9.17, 15) is 9.59 Å². The Morgan fingerprint density at radius 2 is 1.84 bits per heavy atom. The van der Waals surface area contributed by atoms with E-state index in [0.29, 0.717) is 27.5 Å². The average Bonchev–Trinajstić information content (AvgIpc) is 2.62. The Kier molecular flexibility index (Phi) is 5.39. The zero-order valence-electron chi connectivity index (χ0n) is 14.3. The monoisotopic (exact) mass is 374 g/mol. The third-order valence-corrected chi connectivity index (χ3v) is 5.50. The minimum Gasteiger partial charge on any atom is -0.465 e. The Balaban J connectivity index is 2.33. The summed E-state index contributed by atoms with van der Waals surface area (Å²) in [7, 11) is 1.32. The molecule has 0 bridgehead atoms. The molecule has 2 aromatic carbocycles. The summed E-state index contributed by atoms with van der Waals surface area (Å²) in [6, 6.07) is 8.74. The summed E-state index contributed by atoms with van der Waals surface area (Å²) < 4.78 is 10.8. The van der Waals surface area contributed by atoms with Crippen LogP contribution in [0.2, 0.25) is 0 Å². The molecule has 0 amide bonds. The molecule has 130 valence electrons. The van der Waals surface area contributed by atoms with Crippen LogP contribution in [-0.4, -0.2) is 24.6 Å². The van der Waals surface area contributed by atoms with Crippen molar-refractivity contribution in [2.24, 2.45) is 0 Å². The number of ether oxygens (including phenoxy) is 1. The van der Waals surface area contributed by atoms with Crippen molar-refractivity contribution in [1.82, 2.24) is 0 Å². The van der Waals surface area contributed by atoms with Crippen molar-refractivity contribution in [3.05, 3.63) is 46.1 Å². The van der Waals surface area contributed by atoms with Crippen LogP contribution in [-0.2, 0) is 4.74 Å². The highest BCUT2D eigenvalue weighted by molar-refractivity contribution is 8.00. The van der Waals surface area contributed by atoms with Crippen molar-refractivity contribution in [1.29, 1.82) is 0 Å². The molecule has 0 N–H and O–H groups in total. The van der Waals surface area contributed by atoms with Crippen LogP contribution in [0.15, 0.2) is 49.3 Å². The van der Waals surface area contributed by atoms with Gasteiger partial charge in [0.15, 0.2) is 5.58 Å². The van der Waals surface area contributed by atoms with Crippen LogP contribution in [0.4, 0.5) is 0 Å². The van der Waals surface area contributed by atoms with Crippen molar-refractivity contribution in [3.8, 4) is 0 Å². The van der Waals surface area contributed by atoms with Gasteiger partial charge in [0.1, 0.15) is 5.58 Å². The molecular formula is C19H18O4S2. The third-order valence-electron chi connectivity index (χ3n) is 3.74. The highest BCUT2D eigenvalue weighted by Crippen LogP contribution is 2.33. The Morgan fingerprint density at radius 1 is 1.08 bits per heavy atom. The van der Waals surface area contributed by atoms with Gasteiger partial charge in [-0.15, -0.1) is 23.5 Å². The maximum absolute atomic E-state index is 13.0. The van der Waals surface area contributed by atoms with Crippen LogP contribution < -0.4 is 5.43 Å². The van der Waals surface area contributed by atoms with E-state index in [1.807, 2.05) is 6.07 Å². The lowest BCUT2D eigenvalue weighted by molar-refractivity contribution is 0.0601. The zero-order valence-corrected chi connectivity index (χ0v) is 15.9. The van der Waals surface area contributed by atoms with E-state index in [1.165, 1.54) is 7.11 Å². The van der Waals surface area contributed by atoms with E-state index in [1.54, 1.807) is 41.7 Å². The molecule has 1 heterocycles. The topological polar surface area (TPSA) is 56.5 Å². The van der Waals surface area contributed by atoms with Crippen LogP contribution in [0.5, 0.6) is 0 Å². The van der Waals surface area contributed by atoms with E-state index < -0.39 is 5.97 Å². The lowest BCUT2D eigenvalue weighted by atomic mass is 10.1. The second-order valence-corrected chi connectivity index (χ2v) is 7.94. The number of esters is 1. The maximum Gasteiger partial charge on any atom is 0.337 e. The standard InChI is InChI=1S/C19H18O4S2/c1-4-24-12-9-14-17(20)13-8-11(19(21)22-3)6-7-15(13)23-18(14)16(10-12)25-5-2/h6-10H,4-5H2,1-3H3. The van der Waals surface area contributed by atoms with E-state index in [4.69, 9.17) is 9.15 Å². The smallest absolute Gasteiger partial charge is 0.337 e. The first-order chi connectivity index (χ1) is 12.1. The van der Waals surface area contributed by atoms with Crippen LogP contribution >= 0.6 is 23.5 Å². The molecule has 0 radical (unpaired) electrons. The number of carbonyl (C=O) groups is 1. The number of hydrogen-bond donors (Lipinski definition) is 0. The first-order valence-corrected chi connectivity index (χ1v) is 9.94. The molecule has 0 fully saturated rings. The van der Waals surface area contributed by atoms with Gasteiger partial charge < -0.3 is 9.15 Å². The van der Waals surface area contributed by atoms with Gasteiger partial charge in [-0.3, -0.25) is 4.79 Å². The van der Waals surface area contributed by atoms with Gasteiger partial charge in [-0.2, -0.15) is 0 Å². The van der Waals surface area contributed by atoms with Gasteiger partial charge in [0.2, 0.25) is 5.43 Å². The zero-order chi connectivity index (χ0) is 18.0. The molecule has 0 aliphatic heterocycles. The Morgan fingerprint density at radius 3 is 2.52 bits per heavy atom. The molecule has 1 aromatic heterocycles. The summed E-state index contributed by atoms with van der Waals surface area (Å²) in [6.07, 6.45) is 0. The molecule has 0 aliphatic carbocycles. The highest BCUT2D eigenvalue weighted by atomic mass is 32.2. The predicted molar refractivity (Wildman–Crippen MR) is 104 cm³/mol. The molecule has 3 aromatic rings. The number of carbonyl (C=O) groups excluding carboxylic acids is 1. The number of benzene rings is 2. The average molecular weight is 374 g/mol. The molecule has 0 spiro atoms. The second-order valence-electron chi connectivity index (χ2n) is 5.30. The van der Waals surface area contributed by atoms with Crippen molar-refractivity contribution < 1.29 is 13.9 Å². The lowest BCUT2D eigenvalue weighted by Crippen LogP contribution is -2.06. The fraction of sp³-hybridized carbons (Fsp3) is 0.263. The van der Waals surface area contributed by atoms with E-state index >= 15 is 0 Å². The first-order valence-electron chi connectivity index (χ1n) is 7.97. The van der Waals surface area contributed by atoms with Crippen molar-refractivity contribution >= 4 is 51.4 Å².